The van der Waals surface area contributed by atoms with Crippen LogP contribution in [0.15, 0.2) is 54.6 Å². The van der Waals surface area contributed by atoms with Crippen LogP contribution in [0.2, 0.25) is 0 Å². The number of hydrogen-bond donors (Lipinski definition) is 2. The van der Waals surface area contributed by atoms with Gasteiger partial charge in [0.05, 0.1) is 12.3 Å². The molecule has 0 fully saturated rings. The molecule has 0 radical (unpaired) electrons. The summed E-state index contributed by atoms with van der Waals surface area (Å²) in [4.78, 5) is 13.7. The van der Waals surface area contributed by atoms with E-state index in [1.165, 1.54) is 4.80 Å². The van der Waals surface area contributed by atoms with E-state index in [9.17, 15) is 9.90 Å². The molecular weight excluding hydrogens is 304 g/mol. The van der Waals surface area contributed by atoms with Gasteiger partial charge in [0.15, 0.2) is 5.69 Å². The normalized spacial score (nSPS) is 10.6. The standard InChI is InChI=1S/C18H18N4O2/c1-13-7-9-15(10-8-13)22-20-16(12-23)17(21-22)18(24)19-11-14-5-3-2-4-6-14/h2-10,23H,11-12H2,1H3,(H,19,24). The highest BCUT2D eigenvalue weighted by atomic mass is 16.3. The van der Waals surface area contributed by atoms with Crippen LogP contribution in [0.25, 0.3) is 5.69 Å². The number of aliphatic hydroxyl groups is 1. The van der Waals surface area contributed by atoms with Crippen molar-refractivity contribution in [1.29, 1.82) is 0 Å². The second-order valence-corrected chi connectivity index (χ2v) is 5.45. The van der Waals surface area contributed by atoms with Crippen LogP contribution in [0.1, 0.15) is 27.3 Å². The number of hydrogen-bond acceptors (Lipinski definition) is 4. The lowest BCUT2D eigenvalue weighted by Crippen LogP contribution is -2.24. The predicted molar refractivity (Wildman–Crippen MR) is 89.6 cm³/mol. The van der Waals surface area contributed by atoms with Gasteiger partial charge < -0.3 is 10.4 Å². The molecule has 6 heteroatoms. The van der Waals surface area contributed by atoms with E-state index in [1.54, 1.807) is 0 Å². The Morgan fingerprint density at radius 2 is 1.79 bits per heavy atom. The number of nitrogens with zero attached hydrogens (tertiary/aromatic N) is 3. The summed E-state index contributed by atoms with van der Waals surface area (Å²) in [6.45, 7) is 2.03. The molecule has 1 amide bonds. The van der Waals surface area contributed by atoms with E-state index in [2.05, 4.69) is 15.5 Å². The lowest BCUT2D eigenvalue weighted by Gasteiger charge is -2.03. The molecule has 2 N–H and O–H groups in total. The summed E-state index contributed by atoms with van der Waals surface area (Å²) in [6.07, 6.45) is 0. The molecule has 0 aliphatic carbocycles. The second kappa shape index (κ2) is 7.06. The lowest BCUT2D eigenvalue weighted by atomic mass is 10.2. The Morgan fingerprint density at radius 3 is 2.46 bits per heavy atom. The van der Waals surface area contributed by atoms with Crippen molar-refractivity contribution in [1.82, 2.24) is 20.3 Å². The number of aryl methyl sites for hydroxylation is 1. The third-order valence-electron chi connectivity index (χ3n) is 3.61. The van der Waals surface area contributed by atoms with Crippen LogP contribution in [0.3, 0.4) is 0 Å². The zero-order chi connectivity index (χ0) is 16.9. The van der Waals surface area contributed by atoms with Gasteiger partial charge in [-0.05, 0) is 24.6 Å². The smallest absolute Gasteiger partial charge is 0.274 e. The Morgan fingerprint density at radius 1 is 1.08 bits per heavy atom. The van der Waals surface area contributed by atoms with Gasteiger partial charge in [-0.15, -0.1) is 10.2 Å². The number of rotatable bonds is 5. The Balaban J connectivity index is 1.79. The quantitative estimate of drug-likeness (QED) is 0.753. The van der Waals surface area contributed by atoms with Gasteiger partial charge in [-0.2, -0.15) is 4.80 Å². The fourth-order valence-corrected chi connectivity index (χ4v) is 2.27. The Hall–Kier alpha value is -2.99. The molecule has 1 aromatic heterocycles. The topological polar surface area (TPSA) is 80.0 Å². The van der Waals surface area contributed by atoms with Crippen LogP contribution in [0.5, 0.6) is 0 Å². The second-order valence-electron chi connectivity index (χ2n) is 5.45. The number of aliphatic hydroxyl groups excluding tert-OH is 1. The largest absolute Gasteiger partial charge is 0.390 e. The first kappa shape index (κ1) is 15.9. The molecule has 0 aliphatic heterocycles. The van der Waals surface area contributed by atoms with Crippen molar-refractivity contribution < 1.29 is 9.90 Å². The van der Waals surface area contributed by atoms with Crippen molar-refractivity contribution in [2.45, 2.75) is 20.1 Å². The van der Waals surface area contributed by atoms with Crippen LogP contribution in [-0.4, -0.2) is 26.0 Å². The van der Waals surface area contributed by atoms with Gasteiger partial charge in [0.2, 0.25) is 0 Å². The van der Waals surface area contributed by atoms with Gasteiger partial charge in [-0.25, -0.2) is 0 Å². The number of benzene rings is 2. The Bertz CT molecular complexity index is 826. The molecule has 0 unspecified atom stereocenters. The number of carbonyl (C=O) groups excluding carboxylic acids is 1. The van der Waals surface area contributed by atoms with Gasteiger partial charge in [-0.1, -0.05) is 48.0 Å². The van der Waals surface area contributed by atoms with Gasteiger partial charge in [0, 0.05) is 6.54 Å². The first-order valence-corrected chi connectivity index (χ1v) is 7.63. The molecule has 0 aliphatic rings. The summed E-state index contributed by atoms with van der Waals surface area (Å²) >= 11 is 0. The Labute approximate surface area is 139 Å². The summed E-state index contributed by atoms with van der Waals surface area (Å²) < 4.78 is 0. The predicted octanol–water partition coefficient (Wildman–Crippen LogP) is 2.00. The van der Waals surface area contributed by atoms with E-state index in [1.807, 2.05) is 61.5 Å². The van der Waals surface area contributed by atoms with Gasteiger partial charge in [0.25, 0.3) is 5.91 Å². The zero-order valence-electron chi connectivity index (χ0n) is 13.3. The molecule has 0 saturated carbocycles. The van der Waals surface area contributed by atoms with Crippen molar-refractivity contribution in [3.63, 3.8) is 0 Å². The van der Waals surface area contributed by atoms with Crippen molar-refractivity contribution in [2.24, 2.45) is 0 Å². The highest BCUT2D eigenvalue weighted by molar-refractivity contribution is 5.93. The molecule has 0 bridgehead atoms. The summed E-state index contributed by atoms with van der Waals surface area (Å²) in [6, 6.07) is 17.2. The minimum absolute atomic E-state index is 0.133. The van der Waals surface area contributed by atoms with Crippen LogP contribution in [-0.2, 0) is 13.2 Å². The van der Waals surface area contributed by atoms with Crippen LogP contribution < -0.4 is 5.32 Å². The Kier molecular flexibility index (Phi) is 4.67. The van der Waals surface area contributed by atoms with E-state index in [0.29, 0.717) is 6.54 Å². The molecule has 2 aromatic carbocycles. The highest BCUT2D eigenvalue weighted by Crippen LogP contribution is 2.11. The van der Waals surface area contributed by atoms with E-state index in [-0.39, 0.29) is 23.9 Å². The first-order valence-electron chi connectivity index (χ1n) is 7.63. The molecule has 122 valence electrons. The fraction of sp³-hybridized carbons (Fsp3) is 0.167. The molecule has 6 nitrogen and oxygen atoms in total. The molecule has 0 atom stereocenters. The van der Waals surface area contributed by atoms with Crippen LogP contribution in [0.4, 0.5) is 0 Å². The summed E-state index contributed by atoms with van der Waals surface area (Å²) in [5.41, 5.74) is 3.23. The third-order valence-corrected chi connectivity index (χ3v) is 3.61. The molecular formula is C18H18N4O2. The van der Waals surface area contributed by atoms with Gasteiger partial charge >= 0.3 is 0 Å². The van der Waals surface area contributed by atoms with Crippen molar-refractivity contribution in [3.8, 4) is 5.69 Å². The minimum Gasteiger partial charge on any atom is -0.390 e. The van der Waals surface area contributed by atoms with Crippen molar-refractivity contribution in [2.75, 3.05) is 0 Å². The SMILES string of the molecule is Cc1ccc(-n2nc(CO)c(C(=O)NCc3ccccc3)n2)cc1. The molecule has 0 spiro atoms. The summed E-state index contributed by atoms with van der Waals surface area (Å²) in [5, 5.41) is 20.7. The van der Waals surface area contributed by atoms with Crippen molar-refractivity contribution >= 4 is 5.91 Å². The summed E-state index contributed by atoms with van der Waals surface area (Å²) in [5.74, 6) is -0.360. The van der Waals surface area contributed by atoms with Gasteiger partial charge in [0.1, 0.15) is 5.69 Å². The third kappa shape index (κ3) is 3.49. The van der Waals surface area contributed by atoms with Crippen LogP contribution in [0, 0.1) is 6.92 Å². The van der Waals surface area contributed by atoms with E-state index in [0.717, 1.165) is 16.8 Å². The maximum atomic E-state index is 12.4. The molecule has 3 rings (SSSR count). The maximum absolute atomic E-state index is 12.4. The highest BCUT2D eigenvalue weighted by Gasteiger charge is 2.18. The fourth-order valence-electron chi connectivity index (χ4n) is 2.27. The number of aromatic nitrogens is 3. The van der Waals surface area contributed by atoms with E-state index >= 15 is 0 Å². The van der Waals surface area contributed by atoms with Gasteiger partial charge in [-0.3, -0.25) is 4.79 Å². The van der Waals surface area contributed by atoms with Crippen LogP contribution >= 0.6 is 0 Å². The first-order chi connectivity index (χ1) is 11.7. The average Bonchev–Trinajstić information content (AvgIpc) is 3.05. The number of amides is 1. The molecule has 24 heavy (non-hydrogen) atoms. The zero-order valence-corrected chi connectivity index (χ0v) is 13.3. The maximum Gasteiger partial charge on any atom is 0.274 e. The van der Waals surface area contributed by atoms with Crippen molar-refractivity contribution in [3.05, 3.63) is 77.1 Å². The number of carbonyl (C=O) groups is 1. The molecule has 3 aromatic rings. The molecule has 1 heterocycles. The molecule has 0 saturated heterocycles. The summed E-state index contributed by atoms with van der Waals surface area (Å²) in [7, 11) is 0. The minimum atomic E-state index is -0.360. The monoisotopic (exact) mass is 322 g/mol. The average molecular weight is 322 g/mol. The van der Waals surface area contributed by atoms with E-state index < -0.39 is 0 Å². The van der Waals surface area contributed by atoms with E-state index in [4.69, 9.17) is 0 Å². The lowest BCUT2D eigenvalue weighted by molar-refractivity contribution is 0.0942. The number of nitrogens with one attached hydrogen (secondary N) is 1.